The first-order valence-corrected chi connectivity index (χ1v) is 14.4. The molecule has 1 rings (SSSR count). The van der Waals surface area contributed by atoms with Gasteiger partial charge in [-0.15, -0.1) is 0 Å². The maximum atomic E-state index is 13.0. The minimum absolute atomic E-state index is 0.605. The zero-order valence-electron chi connectivity index (χ0n) is 19.4. The molecule has 1 saturated heterocycles. The van der Waals surface area contributed by atoms with Gasteiger partial charge in [-0.1, -0.05) is 90.4 Å². The molecule has 0 aliphatic carbocycles. The zero-order valence-corrected chi connectivity index (χ0v) is 20.3. The van der Waals surface area contributed by atoms with E-state index in [0.29, 0.717) is 5.92 Å². The molecule has 0 aromatic carbocycles. The van der Waals surface area contributed by atoms with E-state index in [0.717, 1.165) is 31.8 Å². The molecular formula is C24H50NO2P. The Hall–Kier alpha value is 0.150. The van der Waals surface area contributed by atoms with Crippen molar-refractivity contribution in [1.82, 2.24) is 4.90 Å². The van der Waals surface area contributed by atoms with Crippen LogP contribution in [0.3, 0.4) is 0 Å². The second-order valence-corrected chi connectivity index (χ2v) is 12.1. The van der Waals surface area contributed by atoms with Gasteiger partial charge >= 0.3 is 0 Å². The molecule has 0 aromatic rings. The van der Waals surface area contributed by atoms with Gasteiger partial charge in [0.25, 0.3) is 0 Å². The van der Waals surface area contributed by atoms with E-state index >= 15 is 0 Å². The third kappa shape index (κ3) is 13.4. The molecule has 0 saturated carbocycles. The summed E-state index contributed by atoms with van der Waals surface area (Å²) in [6.07, 6.45) is 23.1. The Balaban J connectivity index is 1.93. The van der Waals surface area contributed by atoms with E-state index in [1.807, 2.05) is 0 Å². The van der Waals surface area contributed by atoms with Crippen LogP contribution in [0.2, 0.25) is 0 Å². The van der Waals surface area contributed by atoms with E-state index in [2.05, 4.69) is 18.9 Å². The number of hydrogen-bond acceptors (Lipinski definition) is 3. The molecule has 168 valence electrons. The molecule has 0 bridgehead atoms. The van der Waals surface area contributed by atoms with Crippen LogP contribution in [0.15, 0.2) is 0 Å². The summed E-state index contributed by atoms with van der Waals surface area (Å²) in [5.41, 5.74) is 0. The molecule has 1 fully saturated rings. The number of unbranched alkanes of at least 4 members (excludes halogenated alkanes) is 13. The van der Waals surface area contributed by atoms with Crippen molar-refractivity contribution in [3.63, 3.8) is 0 Å². The predicted octanol–water partition coefficient (Wildman–Crippen LogP) is 7.73. The van der Waals surface area contributed by atoms with Gasteiger partial charge in [-0.25, -0.2) is 0 Å². The fraction of sp³-hybridized carbons (Fsp3) is 1.00. The molecule has 3 nitrogen and oxygen atoms in total. The molecule has 1 aliphatic heterocycles. The summed E-state index contributed by atoms with van der Waals surface area (Å²) in [7, 11) is 1.46. The Bertz CT molecular complexity index is 394. The summed E-state index contributed by atoms with van der Waals surface area (Å²) in [5, 5.41) is 0. The highest BCUT2D eigenvalue weighted by atomic mass is 31.2. The molecule has 28 heavy (non-hydrogen) atoms. The SMILES string of the molecule is CCCCCCCCCCCCCCCCP(=O)(CC1CCN(C)CC1)OC. The second kappa shape index (κ2) is 16.9. The molecule has 1 unspecified atom stereocenters. The van der Waals surface area contributed by atoms with Gasteiger partial charge < -0.3 is 9.42 Å². The first kappa shape index (κ1) is 26.2. The highest BCUT2D eigenvalue weighted by Crippen LogP contribution is 2.50. The van der Waals surface area contributed by atoms with Crippen LogP contribution in [0.25, 0.3) is 0 Å². The van der Waals surface area contributed by atoms with Crippen LogP contribution in [0, 0.1) is 5.92 Å². The maximum Gasteiger partial charge on any atom is 0.203 e. The number of nitrogens with zero attached hydrogens (tertiary/aromatic N) is 1. The lowest BCUT2D eigenvalue weighted by molar-refractivity contribution is 0.228. The zero-order chi connectivity index (χ0) is 20.5. The average molecular weight is 416 g/mol. The normalized spacial score (nSPS) is 18.4. The van der Waals surface area contributed by atoms with Gasteiger partial charge in [0.15, 0.2) is 0 Å². The molecule has 1 heterocycles. The maximum absolute atomic E-state index is 13.0. The second-order valence-electron chi connectivity index (χ2n) is 9.25. The predicted molar refractivity (Wildman–Crippen MR) is 125 cm³/mol. The standard InChI is InChI=1S/C24H50NO2P/c1-4-5-6-7-8-9-10-11-12-13-14-15-16-17-22-28(26,27-3)23-24-18-20-25(2)21-19-24/h24H,4-23H2,1-3H3. The Morgan fingerprint density at radius 3 is 1.64 bits per heavy atom. The number of likely N-dealkylation sites (tertiary alicyclic amines) is 1. The minimum Gasteiger partial charge on any atom is -0.332 e. The van der Waals surface area contributed by atoms with E-state index in [4.69, 9.17) is 4.52 Å². The lowest BCUT2D eigenvalue weighted by Crippen LogP contribution is -2.31. The van der Waals surface area contributed by atoms with Crippen molar-refractivity contribution in [2.75, 3.05) is 39.6 Å². The molecular weight excluding hydrogens is 365 g/mol. The van der Waals surface area contributed by atoms with Crippen LogP contribution >= 0.6 is 7.37 Å². The summed E-state index contributed by atoms with van der Waals surface area (Å²) in [5.74, 6) is 0.605. The van der Waals surface area contributed by atoms with E-state index in [1.54, 1.807) is 7.11 Å². The molecule has 0 radical (unpaired) electrons. The molecule has 0 aromatic heterocycles. The molecule has 0 amide bonds. The van der Waals surface area contributed by atoms with Crippen molar-refractivity contribution in [3.8, 4) is 0 Å². The quantitative estimate of drug-likeness (QED) is 0.169. The monoisotopic (exact) mass is 415 g/mol. The Morgan fingerprint density at radius 1 is 0.786 bits per heavy atom. The van der Waals surface area contributed by atoms with E-state index < -0.39 is 7.37 Å². The lowest BCUT2D eigenvalue weighted by Gasteiger charge is -2.30. The van der Waals surface area contributed by atoms with Crippen LogP contribution < -0.4 is 0 Å². The van der Waals surface area contributed by atoms with Crippen LogP contribution in [-0.4, -0.2) is 44.5 Å². The largest absolute Gasteiger partial charge is 0.332 e. The van der Waals surface area contributed by atoms with Gasteiger partial charge in [0.2, 0.25) is 7.37 Å². The molecule has 0 N–H and O–H groups in total. The van der Waals surface area contributed by atoms with Gasteiger partial charge in [0.1, 0.15) is 0 Å². The first-order valence-electron chi connectivity index (χ1n) is 12.4. The summed E-state index contributed by atoms with van der Waals surface area (Å²) in [6.45, 7) is 4.58. The number of hydrogen-bond donors (Lipinski definition) is 0. The van der Waals surface area contributed by atoms with Gasteiger partial charge in [0, 0.05) is 19.4 Å². The lowest BCUT2D eigenvalue weighted by atomic mass is 10.00. The highest BCUT2D eigenvalue weighted by Gasteiger charge is 2.28. The fourth-order valence-corrected chi connectivity index (χ4v) is 6.81. The van der Waals surface area contributed by atoms with Crippen molar-refractivity contribution in [1.29, 1.82) is 0 Å². The summed E-state index contributed by atoms with van der Waals surface area (Å²) in [4.78, 5) is 2.38. The third-order valence-corrected chi connectivity index (χ3v) is 9.30. The van der Waals surface area contributed by atoms with Crippen molar-refractivity contribution in [2.24, 2.45) is 5.92 Å². The van der Waals surface area contributed by atoms with E-state index in [1.165, 1.54) is 96.3 Å². The smallest absolute Gasteiger partial charge is 0.203 e. The van der Waals surface area contributed by atoms with Crippen molar-refractivity contribution in [3.05, 3.63) is 0 Å². The number of rotatable bonds is 18. The summed E-state index contributed by atoms with van der Waals surface area (Å²) < 4.78 is 18.5. The number of piperidine rings is 1. The van der Waals surface area contributed by atoms with Crippen LogP contribution in [-0.2, 0) is 9.09 Å². The minimum atomic E-state index is -2.39. The van der Waals surface area contributed by atoms with Crippen LogP contribution in [0.4, 0.5) is 0 Å². The van der Waals surface area contributed by atoms with Gasteiger partial charge in [-0.2, -0.15) is 0 Å². The van der Waals surface area contributed by atoms with Gasteiger partial charge in [0.05, 0.1) is 0 Å². The third-order valence-electron chi connectivity index (χ3n) is 6.56. The fourth-order valence-electron chi connectivity index (χ4n) is 4.44. The summed E-state index contributed by atoms with van der Waals surface area (Å²) in [6, 6.07) is 0. The molecule has 1 aliphatic rings. The van der Waals surface area contributed by atoms with Crippen LogP contribution in [0.1, 0.15) is 110 Å². The Kier molecular flexibility index (Phi) is 15.8. The molecule has 4 heteroatoms. The Morgan fingerprint density at radius 2 is 1.21 bits per heavy atom. The van der Waals surface area contributed by atoms with Gasteiger partial charge in [-0.05, 0) is 45.3 Å². The Labute approximate surface area is 176 Å². The van der Waals surface area contributed by atoms with Crippen molar-refractivity contribution >= 4 is 7.37 Å². The molecule has 1 atom stereocenters. The molecule has 0 spiro atoms. The van der Waals surface area contributed by atoms with E-state index in [9.17, 15) is 4.57 Å². The van der Waals surface area contributed by atoms with Gasteiger partial charge in [-0.3, -0.25) is 4.57 Å². The van der Waals surface area contributed by atoms with E-state index in [-0.39, 0.29) is 0 Å². The first-order chi connectivity index (χ1) is 13.6. The van der Waals surface area contributed by atoms with Crippen LogP contribution in [0.5, 0.6) is 0 Å². The van der Waals surface area contributed by atoms with Crippen molar-refractivity contribution < 1.29 is 9.09 Å². The average Bonchev–Trinajstić information content (AvgIpc) is 2.70. The highest BCUT2D eigenvalue weighted by molar-refractivity contribution is 7.58. The summed E-state index contributed by atoms with van der Waals surface area (Å²) >= 11 is 0. The topological polar surface area (TPSA) is 29.5 Å². The van der Waals surface area contributed by atoms with Crippen molar-refractivity contribution in [2.45, 2.75) is 110 Å².